The highest BCUT2D eigenvalue weighted by atomic mass is 32.2. The summed E-state index contributed by atoms with van der Waals surface area (Å²) >= 11 is 0.978. The number of rotatable bonds is 7. The topological polar surface area (TPSA) is 96.0 Å². The highest BCUT2D eigenvalue weighted by molar-refractivity contribution is 7.89. The van der Waals surface area contributed by atoms with Gasteiger partial charge in [0, 0.05) is 18.7 Å². The fraction of sp³-hybridized carbons (Fsp3) is 0.192. The summed E-state index contributed by atoms with van der Waals surface area (Å²) in [4.78, 5) is 16.1. The van der Waals surface area contributed by atoms with Crippen LogP contribution in [0.1, 0.15) is 22.3 Å². The molecule has 0 aliphatic rings. The van der Waals surface area contributed by atoms with E-state index < -0.39 is 10.0 Å². The minimum Gasteiger partial charge on any atom is -0.321 e. The zero-order valence-corrected chi connectivity index (χ0v) is 21.0. The number of sulfonamides is 1. The van der Waals surface area contributed by atoms with Gasteiger partial charge in [0.1, 0.15) is 15.9 Å². The van der Waals surface area contributed by atoms with Gasteiger partial charge >= 0.3 is 0 Å². The molecule has 0 amide bonds. The summed E-state index contributed by atoms with van der Waals surface area (Å²) in [5, 5.41) is 0.878. The quantitative estimate of drug-likeness (QED) is 0.350. The zero-order valence-electron chi connectivity index (χ0n) is 19.4. The van der Waals surface area contributed by atoms with Crippen molar-refractivity contribution < 1.29 is 8.42 Å². The van der Waals surface area contributed by atoms with E-state index in [1.807, 2.05) is 56.3 Å². The molecule has 0 radical (unpaired) electrons. The van der Waals surface area contributed by atoms with Crippen molar-refractivity contribution in [3.63, 3.8) is 0 Å². The van der Waals surface area contributed by atoms with Crippen LogP contribution in [0.3, 0.4) is 0 Å². The molecule has 3 aromatic carbocycles. The number of H-pyrrole nitrogens is 1. The van der Waals surface area contributed by atoms with Gasteiger partial charge in [-0.1, -0.05) is 48.0 Å². The number of nitrogens with zero attached hydrogens (tertiary/aromatic N) is 3. The fourth-order valence-corrected chi connectivity index (χ4v) is 6.52. The predicted octanol–water partition coefficient (Wildman–Crippen LogP) is 4.58. The number of aromatic nitrogens is 3. The average molecular weight is 505 g/mol. The van der Waals surface area contributed by atoms with Crippen molar-refractivity contribution >= 4 is 43.7 Å². The molecule has 0 bridgehead atoms. The number of hydrogen-bond donors (Lipinski definition) is 1. The lowest BCUT2D eigenvalue weighted by Gasteiger charge is -2.22. The Morgan fingerprint density at radius 1 is 0.971 bits per heavy atom. The van der Waals surface area contributed by atoms with Gasteiger partial charge in [0.05, 0.1) is 17.2 Å². The third kappa shape index (κ3) is 4.62. The fourth-order valence-electron chi connectivity index (χ4n) is 4.35. The van der Waals surface area contributed by atoms with E-state index in [1.54, 1.807) is 24.3 Å². The SMILES string of the molecule is Cc1cc(C)c2[nH]c(=O)c(CN(CCc3ccccc3)S(=O)(=O)c3cccc4nsnc34)cc2c1. The van der Waals surface area contributed by atoms with E-state index in [1.165, 1.54) is 4.31 Å². The number of pyridine rings is 1. The van der Waals surface area contributed by atoms with Gasteiger partial charge in [-0.2, -0.15) is 13.1 Å². The molecule has 5 rings (SSSR count). The molecule has 2 aromatic heterocycles. The first-order valence-electron chi connectivity index (χ1n) is 11.2. The molecule has 0 fully saturated rings. The molecular weight excluding hydrogens is 480 g/mol. The van der Waals surface area contributed by atoms with Crippen molar-refractivity contribution in [3.05, 3.63) is 99.3 Å². The Kier molecular flexibility index (Phi) is 6.22. The Bertz CT molecular complexity index is 1690. The lowest BCUT2D eigenvalue weighted by atomic mass is 10.1. The van der Waals surface area contributed by atoms with Gasteiger partial charge < -0.3 is 4.98 Å². The normalized spacial score (nSPS) is 12.1. The van der Waals surface area contributed by atoms with Crippen molar-refractivity contribution in [2.75, 3.05) is 6.54 Å². The summed E-state index contributed by atoms with van der Waals surface area (Å²) in [7, 11) is -3.97. The van der Waals surface area contributed by atoms with Crippen LogP contribution in [-0.2, 0) is 23.0 Å². The van der Waals surface area contributed by atoms with Crippen LogP contribution in [0.2, 0.25) is 0 Å². The second-order valence-electron chi connectivity index (χ2n) is 8.63. The molecule has 35 heavy (non-hydrogen) atoms. The van der Waals surface area contributed by atoms with Gasteiger partial charge in [0.15, 0.2) is 0 Å². The molecular formula is C26H24N4O3S2. The maximum Gasteiger partial charge on any atom is 0.252 e. The largest absolute Gasteiger partial charge is 0.321 e. The van der Waals surface area contributed by atoms with E-state index in [0.29, 0.717) is 23.0 Å². The van der Waals surface area contributed by atoms with Crippen molar-refractivity contribution in [2.45, 2.75) is 31.7 Å². The smallest absolute Gasteiger partial charge is 0.252 e. The maximum atomic E-state index is 13.9. The van der Waals surface area contributed by atoms with Crippen molar-refractivity contribution in [1.82, 2.24) is 18.0 Å². The monoisotopic (exact) mass is 504 g/mol. The minimum absolute atomic E-state index is 0.0542. The Hall–Kier alpha value is -3.40. The van der Waals surface area contributed by atoms with E-state index >= 15 is 0 Å². The number of fused-ring (bicyclic) bond motifs is 2. The van der Waals surface area contributed by atoms with Gasteiger partial charge in [-0.15, -0.1) is 0 Å². The molecule has 0 saturated heterocycles. The van der Waals surface area contributed by atoms with E-state index in [2.05, 4.69) is 13.7 Å². The highest BCUT2D eigenvalue weighted by Gasteiger charge is 2.28. The van der Waals surface area contributed by atoms with E-state index in [9.17, 15) is 13.2 Å². The molecule has 1 N–H and O–H groups in total. The molecule has 0 spiro atoms. The van der Waals surface area contributed by atoms with Gasteiger partial charge in [-0.05, 0) is 61.0 Å². The third-order valence-electron chi connectivity index (χ3n) is 6.08. The summed E-state index contributed by atoms with van der Waals surface area (Å²) in [5.74, 6) is 0. The Balaban J connectivity index is 1.58. The molecule has 0 atom stereocenters. The minimum atomic E-state index is -3.97. The predicted molar refractivity (Wildman–Crippen MR) is 139 cm³/mol. The summed E-state index contributed by atoms with van der Waals surface area (Å²) in [5.41, 5.74) is 4.81. The number of benzene rings is 3. The van der Waals surface area contributed by atoms with Crippen LogP contribution in [0.5, 0.6) is 0 Å². The number of nitrogens with one attached hydrogen (secondary N) is 1. The molecule has 9 heteroatoms. The highest BCUT2D eigenvalue weighted by Crippen LogP contribution is 2.26. The maximum absolute atomic E-state index is 13.9. The summed E-state index contributed by atoms with van der Waals surface area (Å²) in [6.07, 6.45) is 0.509. The van der Waals surface area contributed by atoms with E-state index in [-0.39, 0.29) is 23.5 Å². The molecule has 0 saturated carbocycles. The molecule has 5 aromatic rings. The Labute approximate surface area is 207 Å². The standard InChI is InChI=1S/C26H24N4O3S2/c1-17-13-18(2)24-20(14-17)15-21(26(31)27-24)16-30(12-11-19-7-4-3-5-8-19)35(32,33)23-10-6-9-22-25(23)29-34-28-22/h3-10,13-15H,11-12,16H2,1-2H3,(H,27,31). The van der Waals surface area contributed by atoms with Gasteiger partial charge in [0.2, 0.25) is 10.0 Å². The number of aromatic amines is 1. The van der Waals surface area contributed by atoms with Crippen molar-refractivity contribution in [1.29, 1.82) is 0 Å². The third-order valence-corrected chi connectivity index (χ3v) is 8.50. The molecule has 178 valence electrons. The molecule has 2 heterocycles. The summed E-state index contributed by atoms with van der Waals surface area (Å²) < 4.78 is 37.6. The average Bonchev–Trinajstić information content (AvgIpc) is 3.32. The van der Waals surface area contributed by atoms with Crippen LogP contribution in [0.25, 0.3) is 21.9 Å². The first-order valence-corrected chi connectivity index (χ1v) is 13.4. The van der Waals surface area contributed by atoms with Gasteiger partial charge in [0.25, 0.3) is 5.56 Å². The lowest BCUT2D eigenvalue weighted by Crippen LogP contribution is -2.34. The Morgan fingerprint density at radius 3 is 2.57 bits per heavy atom. The molecule has 0 aliphatic heterocycles. The van der Waals surface area contributed by atoms with Crippen LogP contribution in [0.15, 0.2) is 76.4 Å². The molecule has 0 aliphatic carbocycles. The number of aryl methyl sites for hydroxylation is 2. The van der Waals surface area contributed by atoms with Crippen molar-refractivity contribution in [2.24, 2.45) is 0 Å². The lowest BCUT2D eigenvalue weighted by molar-refractivity contribution is 0.408. The molecule has 0 unspecified atom stereocenters. The second kappa shape index (κ2) is 9.33. The van der Waals surface area contributed by atoms with Crippen LogP contribution < -0.4 is 5.56 Å². The van der Waals surface area contributed by atoms with Crippen LogP contribution in [-0.4, -0.2) is 33.0 Å². The first-order chi connectivity index (χ1) is 16.8. The Morgan fingerprint density at radius 2 is 1.77 bits per heavy atom. The van der Waals surface area contributed by atoms with Crippen LogP contribution in [0, 0.1) is 13.8 Å². The van der Waals surface area contributed by atoms with Gasteiger partial charge in [-0.3, -0.25) is 4.79 Å². The summed E-state index contributed by atoms with van der Waals surface area (Å²) in [6, 6.07) is 20.5. The van der Waals surface area contributed by atoms with Crippen LogP contribution >= 0.6 is 11.7 Å². The zero-order chi connectivity index (χ0) is 24.6. The second-order valence-corrected chi connectivity index (χ2v) is 11.1. The summed E-state index contributed by atoms with van der Waals surface area (Å²) in [6.45, 7) is 4.10. The molecule has 7 nitrogen and oxygen atoms in total. The van der Waals surface area contributed by atoms with E-state index in [4.69, 9.17) is 0 Å². The number of hydrogen-bond acceptors (Lipinski definition) is 6. The first kappa shape index (κ1) is 23.3. The van der Waals surface area contributed by atoms with Gasteiger partial charge in [-0.25, -0.2) is 8.42 Å². The van der Waals surface area contributed by atoms with E-state index in [0.717, 1.165) is 39.3 Å². The van der Waals surface area contributed by atoms with Crippen molar-refractivity contribution in [3.8, 4) is 0 Å². The van der Waals surface area contributed by atoms with Crippen LogP contribution in [0.4, 0.5) is 0 Å².